The first-order valence-corrected chi connectivity index (χ1v) is 6.75. The molecule has 0 fully saturated rings. The molecule has 2 rings (SSSR count). The summed E-state index contributed by atoms with van der Waals surface area (Å²) in [5.41, 5.74) is 1.65. The van der Waals surface area contributed by atoms with Crippen LogP contribution in [0.2, 0.25) is 0 Å². The van der Waals surface area contributed by atoms with E-state index in [2.05, 4.69) is 21.2 Å². The van der Waals surface area contributed by atoms with Gasteiger partial charge in [-0.15, -0.1) is 0 Å². The minimum atomic E-state index is -0.673. The van der Waals surface area contributed by atoms with Gasteiger partial charge in [0.1, 0.15) is 11.6 Å². The van der Waals surface area contributed by atoms with Crippen molar-refractivity contribution in [2.45, 2.75) is 13.5 Å². The van der Waals surface area contributed by atoms with Crippen LogP contribution in [0.1, 0.15) is 21.5 Å². The van der Waals surface area contributed by atoms with Gasteiger partial charge in [0.05, 0.1) is 5.56 Å². The monoisotopic (exact) mass is 339 g/mol. The van der Waals surface area contributed by atoms with E-state index in [0.717, 1.165) is 17.7 Å². The van der Waals surface area contributed by atoms with Crippen LogP contribution >= 0.6 is 15.9 Å². The van der Waals surface area contributed by atoms with Crippen molar-refractivity contribution in [1.82, 2.24) is 5.32 Å². The molecule has 0 heterocycles. The number of carbonyl (C=O) groups is 1. The molecule has 0 aliphatic heterocycles. The molecule has 104 valence electrons. The zero-order valence-corrected chi connectivity index (χ0v) is 12.3. The van der Waals surface area contributed by atoms with Crippen LogP contribution in [-0.4, -0.2) is 5.91 Å². The van der Waals surface area contributed by atoms with Crippen LogP contribution in [0.5, 0.6) is 0 Å². The van der Waals surface area contributed by atoms with Gasteiger partial charge in [-0.1, -0.05) is 18.2 Å². The number of hydrogen-bond donors (Lipinski definition) is 1. The van der Waals surface area contributed by atoms with Crippen LogP contribution in [0.15, 0.2) is 40.9 Å². The average molecular weight is 340 g/mol. The number of hydrogen-bond acceptors (Lipinski definition) is 1. The molecule has 0 saturated carbocycles. The Morgan fingerprint density at radius 1 is 1.25 bits per heavy atom. The Balaban J connectivity index is 2.11. The first kappa shape index (κ1) is 14.7. The third-order valence-electron chi connectivity index (χ3n) is 2.89. The van der Waals surface area contributed by atoms with Gasteiger partial charge in [-0.3, -0.25) is 4.79 Å². The van der Waals surface area contributed by atoms with Gasteiger partial charge in [0, 0.05) is 22.6 Å². The second kappa shape index (κ2) is 6.13. The van der Waals surface area contributed by atoms with Crippen molar-refractivity contribution in [2.75, 3.05) is 0 Å². The van der Waals surface area contributed by atoms with Crippen molar-refractivity contribution in [3.63, 3.8) is 0 Å². The molecule has 20 heavy (non-hydrogen) atoms. The number of rotatable bonds is 3. The predicted molar refractivity (Wildman–Crippen MR) is 76.4 cm³/mol. The molecule has 5 heteroatoms. The Morgan fingerprint density at radius 2 is 2.00 bits per heavy atom. The van der Waals surface area contributed by atoms with Gasteiger partial charge in [-0.05, 0) is 40.5 Å². The summed E-state index contributed by atoms with van der Waals surface area (Å²) >= 11 is 3.35. The second-order valence-corrected chi connectivity index (χ2v) is 5.15. The highest BCUT2D eigenvalue weighted by molar-refractivity contribution is 9.10. The quantitative estimate of drug-likeness (QED) is 0.900. The number of halogens is 3. The van der Waals surface area contributed by atoms with E-state index in [1.165, 1.54) is 6.07 Å². The largest absolute Gasteiger partial charge is 0.348 e. The predicted octanol–water partition coefficient (Wildman–Crippen LogP) is 3.97. The SMILES string of the molecule is Cc1cccc(C(=O)NCc2ccc(F)cc2F)c1Br. The average Bonchev–Trinajstić information content (AvgIpc) is 2.40. The molecule has 0 aliphatic rings. The van der Waals surface area contributed by atoms with Crippen molar-refractivity contribution < 1.29 is 13.6 Å². The van der Waals surface area contributed by atoms with E-state index in [0.29, 0.717) is 10.0 Å². The minimum absolute atomic E-state index is 0.00529. The molecule has 0 bridgehead atoms. The zero-order chi connectivity index (χ0) is 14.7. The van der Waals surface area contributed by atoms with Crippen LogP contribution in [0, 0.1) is 18.6 Å². The van der Waals surface area contributed by atoms with E-state index in [4.69, 9.17) is 0 Å². The summed E-state index contributed by atoms with van der Waals surface area (Å²) in [5, 5.41) is 2.61. The standard InChI is InChI=1S/C15H12BrF2NO/c1-9-3-2-4-12(14(9)16)15(20)19-8-10-5-6-11(17)7-13(10)18/h2-7H,8H2,1H3,(H,19,20). The molecule has 0 radical (unpaired) electrons. The third kappa shape index (κ3) is 3.22. The number of carbonyl (C=O) groups excluding carboxylic acids is 1. The van der Waals surface area contributed by atoms with Crippen LogP contribution < -0.4 is 5.32 Å². The Kier molecular flexibility index (Phi) is 4.49. The molecule has 0 spiro atoms. The van der Waals surface area contributed by atoms with E-state index in [9.17, 15) is 13.6 Å². The lowest BCUT2D eigenvalue weighted by molar-refractivity contribution is 0.0949. The first-order chi connectivity index (χ1) is 9.49. The van der Waals surface area contributed by atoms with E-state index in [1.807, 2.05) is 13.0 Å². The maximum atomic E-state index is 13.4. The van der Waals surface area contributed by atoms with E-state index >= 15 is 0 Å². The molecule has 0 aromatic heterocycles. The van der Waals surface area contributed by atoms with E-state index in [1.54, 1.807) is 12.1 Å². The molecule has 0 atom stereocenters. The van der Waals surface area contributed by atoms with Crippen LogP contribution in [0.25, 0.3) is 0 Å². The first-order valence-electron chi connectivity index (χ1n) is 5.96. The third-order valence-corrected chi connectivity index (χ3v) is 3.94. The van der Waals surface area contributed by atoms with Gasteiger partial charge in [0.15, 0.2) is 0 Å². The fourth-order valence-corrected chi connectivity index (χ4v) is 2.20. The van der Waals surface area contributed by atoms with E-state index in [-0.39, 0.29) is 18.0 Å². The van der Waals surface area contributed by atoms with Gasteiger partial charge >= 0.3 is 0 Å². The number of amides is 1. The highest BCUT2D eigenvalue weighted by atomic mass is 79.9. The Labute approximate surface area is 123 Å². The van der Waals surface area contributed by atoms with Gasteiger partial charge in [0.2, 0.25) is 0 Å². The molecular weight excluding hydrogens is 328 g/mol. The van der Waals surface area contributed by atoms with Crippen LogP contribution in [-0.2, 0) is 6.54 Å². The summed E-state index contributed by atoms with van der Waals surface area (Å²) in [5.74, 6) is -1.63. The lowest BCUT2D eigenvalue weighted by Gasteiger charge is -2.09. The fraction of sp³-hybridized carbons (Fsp3) is 0.133. The van der Waals surface area contributed by atoms with Crippen molar-refractivity contribution >= 4 is 21.8 Å². The van der Waals surface area contributed by atoms with Gasteiger partial charge in [-0.2, -0.15) is 0 Å². The molecule has 2 aromatic rings. The number of aryl methyl sites for hydroxylation is 1. The Morgan fingerprint density at radius 3 is 2.70 bits per heavy atom. The van der Waals surface area contributed by atoms with Crippen LogP contribution in [0.3, 0.4) is 0 Å². The van der Waals surface area contributed by atoms with Crippen LogP contribution in [0.4, 0.5) is 8.78 Å². The van der Waals surface area contributed by atoms with Gasteiger partial charge < -0.3 is 5.32 Å². The lowest BCUT2D eigenvalue weighted by atomic mass is 10.1. The van der Waals surface area contributed by atoms with Crippen molar-refractivity contribution in [3.05, 3.63) is 69.2 Å². The topological polar surface area (TPSA) is 29.1 Å². The highest BCUT2D eigenvalue weighted by Crippen LogP contribution is 2.21. The summed E-state index contributed by atoms with van der Waals surface area (Å²) < 4.78 is 26.9. The smallest absolute Gasteiger partial charge is 0.252 e. The van der Waals surface area contributed by atoms with E-state index < -0.39 is 11.6 Å². The van der Waals surface area contributed by atoms with Gasteiger partial charge in [0.25, 0.3) is 5.91 Å². The highest BCUT2D eigenvalue weighted by Gasteiger charge is 2.12. The molecular formula is C15H12BrF2NO. The molecule has 2 aromatic carbocycles. The summed E-state index contributed by atoms with van der Waals surface area (Å²) in [7, 11) is 0. The molecule has 0 unspecified atom stereocenters. The number of nitrogens with one attached hydrogen (secondary N) is 1. The van der Waals surface area contributed by atoms with Crippen molar-refractivity contribution in [2.24, 2.45) is 0 Å². The normalized spacial score (nSPS) is 10.4. The number of benzene rings is 2. The second-order valence-electron chi connectivity index (χ2n) is 4.35. The molecule has 1 N–H and O–H groups in total. The summed E-state index contributed by atoms with van der Waals surface area (Å²) in [4.78, 5) is 12.0. The summed E-state index contributed by atoms with van der Waals surface area (Å²) in [6.07, 6.45) is 0. The fourth-order valence-electron chi connectivity index (χ4n) is 1.76. The zero-order valence-electron chi connectivity index (χ0n) is 10.7. The van der Waals surface area contributed by atoms with Crippen molar-refractivity contribution in [1.29, 1.82) is 0 Å². The Hall–Kier alpha value is -1.75. The Bertz CT molecular complexity index is 658. The molecule has 0 saturated heterocycles. The summed E-state index contributed by atoms with van der Waals surface area (Å²) in [6, 6.07) is 8.59. The van der Waals surface area contributed by atoms with Crippen molar-refractivity contribution in [3.8, 4) is 0 Å². The molecule has 2 nitrogen and oxygen atoms in total. The molecule has 1 amide bonds. The minimum Gasteiger partial charge on any atom is -0.348 e. The summed E-state index contributed by atoms with van der Waals surface area (Å²) in [6.45, 7) is 1.88. The molecule has 0 aliphatic carbocycles. The van der Waals surface area contributed by atoms with Gasteiger partial charge in [-0.25, -0.2) is 8.78 Å². The lowest BCUT2D eigenvalue weighted by Crippen LogP contribution is -2.23. The maximum absolute atomic E-state index is 13.4. The maximum Gasteiger partial charge on any atom is 0.252 e.